The van der Waals surface area contributed by atoms with Crippen LogP contribution in [-0.4, -0.2) is 32.6 Å². The highest BCUT2D eigenvalue weighted by atomic mass is 19.1. The van der Waals surface area contributed by atoms with E-state index < -0.39 is 24.3 Å². The highest BCUT2D eigenvalue weighted by Gasteiger charge is 2.21. The van der Waals surface area contributed by atoms with Crippen molar-refractivity contribution < 1.29 is 24.2 Å². The van der Waals surface area contributed by atoms with Gasteiger partial charge in [0, 0.05) is 30.3 Å². The number of aliphatic hydroxyl groups is 1. The van der Waals surface area contributed by atoms with Crippen LogP contribution in [0.5, 0.6) is 0 Å². The van der Waals surface area contributed by atoms with Crippen LogP contribution in [0.2, 0.25) is 0 Å². The van der Waals surface area contributed by atoms with Gasteiger partial charge in [-0.3, -0.25) is 4.79 Å². The van der Waals surface area contributed by atoms with Crippen molar-refractivity contribution in [1.29, 1.82) is 0 Å². The number of nitrogens with zero attached hydrogens (tertiary/aromatic N) is 1. The van der Waals surface area contributed by atoms with E-state index in [9.17, 15) is 19.1 Å². The molecule has 0 amide bonds. The molecule has 3 aromatic rings. The van der Waals surface area contributed by atoms with Gasteiger partial charge in [0.1, 0.15) is 5.82 Å². The Hall–Kier alpha value is -3.69. The lowest BCUT2D eigenvalue weighted by atomic mass is 10.1. The van der Waals surface area contributed by atoms with Crippen LogP contribution in [-0.2, 0) is 11.3 Å². The topological polar surface area (TPSA) is 79.5 Å². The molecular weight excluding hydrogens is 373 g/mol. The van der Waals surface area contributed by atoms with E-state index in [0.29, 0.717) is 5.56 Å². The van der Waals surface area contributed by atoms with Gasteiger partial charge in [-0.1, -0.05) is 42.2 Å². The lowest BCUT2D eigenvalue weighted by Gasteiger charge is -2.10. The number of carbonyl (C=O) groups excluding carboxylic acids is 1. The quantitative estimate of drug-likeness (QED) is 0.500. The van der Waals surface area contributed by atoms with Gasteiger partial charge in [-0.05, 0) is 35.9 Å². The average Bonchev–Trinajstić information content (AvgIpc) is 3.11. The van der Waals surface area contributed by atoms with Gasteiger partial charge in [-0.15, -0.1) is 0 Å². The highest BCUT2D eigenvalue weighted by Crippen LogP contribution is 2.15. The first-order chi connectivity index (χ1) is 13.9. The van der Waals surface area contributed by atoms with E-state index in [-0.39, 0.29) is 18.1 Å². The Morgan fingerprint density at radius 1 is 1.00 bits per heavy atom. The largest absolute Gasteiger partial charge is 0.479 e. The minimum atomic E-state index is -1.78. The van der Waals surface area contributed by atoms with Gasteiger partial charge in [-0.25, -0.2) is 9.18 Å². The molecular formula is C23H18FNO4. The van der Waals surface area contributed by atoms with Crippen LogP contribution in [0, 0.1) is 17.7 Å². The molecule has 29 heavy (non-hydrogen) atoms. The van der Waals surface area contributed by atoms with Crippen molar-refractivity contribution in [2.24, 2.45) is 0 Å². The number of Topliss-reactive ketones (excluding diaryl/α,β-unsaturated/α-hetero) is 1. The summed E-state index contributed by atoms with van der Waals surface area (Å²) in [5.41, 5.74) is 2.38. The number of aliphatic carboxylic acids is 1. The minimum absolute atomic E-state index is 0.229. The van der Waals surface area contributed by atoms with Crippen molar-refractivity contribution in [3.05, 3.63) is 95.1 Å². The average molecular weight is 391 g/mol. The second-order valence-corrected chi connectivity index (χ2v) is 6.47. The minimum Gasteiger partial charge on any atom is -0.479 e. The zero-order chi connectivity index (χ0) is 20.8. The summed E-state index contributed by atoms with van der Waals surface area (Å²) in [6.07, 6.45) is -0.649. The normalized spacial score (nSPS) is 11.4. The van der Waals surface area contributed by atoms with Gasteiger partial charge < -0.3 is 14.8 Å². The van der Waals surface area contributed by atoms with E-state index in [2.05, 4.69) is 11.8 Å². The number of carbonyl (C=O) groups is 2. The molecule has 3 rings (SSSR count). The molecule has 2 aromatic carbocycles. The Labute approximate surface area is 167 Å². The molecule has 0 aliphatic heterocycles. The molecule has 1 atom stereocenters. The molecule has 0 saturated carbocycles. The summed E-state index contributed by atoms with van der Waals surface area (Å²) in [5, 5.41) is 18.4. The number of aliphatic hydroxyl groups excluding tert-OH is 1. The summed E-state index contributed by atoms with van der Waals surface area (Å²) in [5.74, 6) is 3.65. The number of hydrogen-bond acceptors (Lipinski definition) is 3. The predicted octanol–water partition coefficient (Wildman–Crippen LogP) is 3.09. The Bertz CT molecular complexity index is 1080. The van der Waals surface area contributed by atoms with E-state index >= 15 is 0 Å². The third-order valence-corrected chi connectivity index (χ3v) is 4.24. The van der Waals surface area contributed by atoms with E-state index in [0.717, 1.165) is 11.1 Å². The molecule has 0 aliphatic rings. The number of halogens is 1. The highest BCUT2D eigenvalue weighted by molar-refractivity contribution is 5.97. The maximum absolute atomic E-state index is 13.2. The number of carboxylic acids is 1. The molecule has 1 unspecified atom stereocenters. The lowest BCUT2D eigenvalue weighted by Crippen LogP contribution is -2.24. The van der Waals surface area contributed by atoms with E-state index in [1.54, 1.807) is 29.0 Å². The Balaban J connectivity index is 1.92. The van der Waals surface area contributed by atoms with Crippen molar-refractivity contribution in [2.75, 3.05) is 0 Å². The molecule has 0 spiro atoms. The first kappa shape index (κ1) is 20.1. The maximum Gasteiger partial charge on any atom is 0.332 e. The summed E-state index contributed by atoms with van der Waals surface area (Å²) in [6.45, 7) is 0.275. The fourth-order valence-corrected chi connectivity index (χ4v) is 2.76. The van der Waals surface area contributed by atoms with Crippen molar-refractivity contribution >= 4 is 11.8 Å². The second-order valence-electron chi connectivity index (χ2n) is 6.47. The van der Waals surface area contributed by atoms with Gasteiger partial charge in [-0.2, -0.15) is 0 Å². The molecule has 0 fully saturated rings. The van der Waals surface area contributed by atoms with E-state index in [4.69, 9.17) is 5.11 Å². The molecule has 0 aliphatic carbocycles. The third-order valence-electron chi connectivity index (χ3n) is 4.24. The van der Waals surface area contributed by atoms with Crippen LogP contribution in [0.1, 0.15) is 33.6 Å². The monoisotopic (exact) mass is 391 g/mol. The Morgan fingerprint density at radius 3 is 2.31 bits per heavy atom. The van der Waals surface area contributed by atoms with Gasteiger partial charge in [0.25, 0.3) is 0 Å². The lowest BCUT2D eigenvalue weighted by molar-refractivity contribution is -0.146. The predicted molar refractivity (Wildman–Crippen MR) is 105 cm³/mol. The summed E-state index contributed by atoms with van der Waals surface area (Å²) >= 11 is 0. The summed E-state index contributed by atoms with van der Waals surface area (Å²) in [4.78, 5) is 23.4. The second kappa shape index (κ2) is 9.00. The summed E-state index contributed by atoms with van der Waals surface area (Å²) in [7, 11) is 0. The standard InChI is InChI=1S/C23H18FNO4/c24-19-10-8-17(9-11-19)14-25-15-18(7-6-16-4-2-1-3-5-16)12-20(25)21(26)13-22(27)23(28)29/h1-5,8-12,15,22,27H,13-14H2,(H,28,29). The zero-order valence-corrected chi connectivity index (χ0v) is 15.4. The number of rotatable bonds is 6. The maximum atomic E-state index is 13.2. The summed E-state index contributed by atoms with van der Waals surface area (Å²) < 4.78 is 14.8. The molecule has 1 aromatic heterocycles. The molecule has 2 N–H and O–H groups in total. The molecule has 6 heteroatoms. The number of hydrogen-bond donors (Lipinski definition) is 2. The SMILES string of the molecule is O=C(CC(O)C(=O)O)c1cc(C#Cc2ccccc2)cn1Cc1ccc(F)cc1. The molecule has 0 saturated heterocycles. The van der Waals surface area contributed by atoms with Crippen LogP contribution in [0.4, 0.5) is 4.39 Å². The summed E-state index contributed by atoms with van der Waals surface area (Å²) in [6, 6.07) is 16.8. The fraction of sp³-hybridized carbons (Fsp3) is 0.130. The van der Waals surface area contributed by atoms with Crippen molar-refractivity contribution in [3.63, 3.8) is 0 Å². The van der Waals surface area contributed by atoms with Gasteiger partial charge in [0.05, 0.1) is 5.69 Å². The Morgan fingerprint density at radius 2 is 1.66 bits per heavy atom. The van der Waals surface area contributed by atoms with E-state index in [1.165, 1.54) is 12.1 Å². The van der Waals surface area contributed by atoms with Crippen LogP contribution in [0.25, 0.3) is 0 Å². The van der Waals surface area contributed by atoms with Crippen molar-refractivity contribution in [1.82, 2.24) is 4.57 Å². The van der Waals surface area contributed by atoms with Gasteiger partial charge in [0.2, 0.25) is 0 Å². The van der Waals surface area contributed by atoms with Gasteiger partial charge in [0.15, 0.2) is 11.9 Å². The third kappa shape index (κ3) is 5.41. The first-order valence-corrected chi connectivity index (χ1v) is 8.88. The number of ketones is 1. The Kier molecular flexibility index (Phi) is 6.22. The van der Waals surface area contributed by atoms with Crippen LogP contribution in [0.3, 0.4) is 0 Å². The van der Waals surface area contributed by atoms with Gasteiger partial charge >= 0.3 is 5.97 Å². The first-order valence-electron chi connectivity index (χ1n) is 8.88. The van der Waals surface area contributed by atoms with Crippen LogP contribution in [0.15, 0.2) is 66.9 Å². The van der Waals surface area contributed by atoms with Crippen molar-refractivity contribution in [2.45, 2.75) is 19.1 Å². The van der Waals surface area contributed by atoms with Crippen molar-refractivity contribution in [3.8, 4) is 11.8 Å². The number of benzene rings is 2. The number of carboxylic acid groups (broad SMARTS) is 1. The molecule has 146 valence electrons. The van der Waals surface area contributed by atoms with E-state index in [1.807, 2.05) is 30.3 Å². The molecule has 1 heterocycles. The fourth-order valence-electron chi connectivity index (χ4n) is 2.76. The molecule has 0 radical (unpaired) electrons. The smallest absolute Gasteiger partial charge is 0.332 e. The molecule has 0 bridgehead atoms. The zero-order valence-electron chi connectivity index (χ0n) is 15.4. The molecule has 5 nitrogen and oxygen atoms in total. The van der Waals surface area contributed by atoms with Crippen LogP contribution >= 0.6 is 0 Å². The number of aromatic nitrogens is 1. The van der Waals surface area contributed by atoms with Crippen LogP contribution < -0.4 is 0 Å².